The Labute approximate surface area is 49.0 Å². The van der Waals surface area contributed by atoms with Crippen LogP contribution in [-0.4, -0.2) is 5.21 Å². The van der Waals surface area contributed by atoms with E-state index < -0.39 is 0 Å². The molecule has 0 aromatic carbocycles. The van der Waals surface area contributed by atoms with Crippen LogP contribution in [0.3, 0.4) is 0 Å². The molecule has 0 aromatic rings. The van der Waals surface area contributed by atoms with Gasteiger partial charge < -0.3 is 5.21 Å². The molecule has 0 fully saturated rings. The summed E-state index contributed by atoms with van der Waals surface area (Å²) in [5.74, 6) is 0. The monoisotopic (exact) mass is 117 g/mol. The summed E-state index contributed by atoms with van der Waals surface area (Å²) in [6.45, 7) is 6.20. The van der Waals surface area contributed by atoms with Crippen molar-refractivity contribution in [2.45, 2.75) is 20.8 Å². The summed E-state index contributed by atoms with van der Waals surface area (Å²) in [4.78, 5) is 8.11. The van der Waals surface area contributed by atoms with Gasteiger partial charge in [-0.05, 0) is 20.8 Å². The van der Waals surface area contributed by atoms with Gasteiger partial charge >= 0.3 is 0 Å². The summed E-state index contributed by atoms with van der Waals surface area (Å²) in [7, 11) is 0. The molecule has 3 heteroatoms. The Morgan fingerprint density at radius 2 is 1.75 bits per heavy atom. The number of rotatable bonds is 0. The first-order valence-electron chi connectivity index (χ1n) is 2.25. The minimum atomic E-state index is 1.25. The minimum absolute atomic E-state index is 1.25. The lowest BCUT2D eigenvalue weighted by molar-refractivity contribution is 0.312. The standard InChI is InChI=1S/C5H10.HNO2/c1-4-5(2)3;2-1-3/h4H,1-3H3;(H,2,3). The van der Waals surface area contributed by atoms with Crippen molar-refractivity contribution < 1.29 is 5.21 Å². The lowest BCUT2D eigenvalue weighted by atomic mass is 10.3. The van der Waals surface area contributed by atoms with Gasteiger partial charge in [-0.3, -0.25) is 0 Å². The molecule has 0 bridgehead atoms. The van der Waals surface area contributed by atoms with Gasteiger partial charge in [-0.2, -0.15) is 0 Å². The molecule has 0 aliphatic rings. The van der Waals surface area contributed by atoms with E-state index in [1.54, 1.807) is 0 Å². The van der Waals surface area contributed by atoms with E-state index in [4.69, 9.17) is 10.1 Å². The molecule has 0 rings (SSSR count). The number of nitrogens with zero attached hydrogens (tertiary/aromatic N) is 1. The van der Waals surface area contributed by atoms with Crippen LogP contribution in [0.2, 0.25) is 0 Å². The van der Waals surface area contributed by atoms with E-state index in [1.807, 2.05) is 6.92 Å². The zero-order valence-electron chi connectivity index (χ0n) is 5.38. The molecule has 3 nitrogen and oxygen atoms in total. The first kappa shape index (κ1) is 10.2. The van der Waals surface area contributed by atoms with Crippen molar-refractivity contribution in [3.8, 4) is 0 Å². The molecule has 48 valence electrons. The Balaban J connectivity index is 0. The van der Waals surface area contributed by atoms with E-state index >= 15 is 0 Å². The molecule has 0 unspecified atom stereocenters. The topological polar surface area (TPSA) is 49.7 Å². The van der Waals surface area contributed by atoms with Crippen molar-refractivity contribution in [1.29, 1.82) is 0 Å². The first-order valence-corrected chi connectivity index (χ1v) is 2.25. The van der Waals surface area contributed by atoms with E-state index in [2.05, 4.69) is 19.9 Å². The Kier molecular flexibility index (Phi) is 12.1. The summed E-state index contributed by atoms with van der Waals surface area (Å²) in [6.07, 6.45) is 2.08. The van der Waals surface area contributed by atoms with Crippen molar-refractivity contribution in [3.63, 3.8) is 0 Å². The molecular formula is C5H11NO2. The highest BCUT2D eigenvalue weighted by Gasteiger charge is 1.60. The van der Waals surface area contributed by atoms with Crippen LogP contribution in [0, 0.1) is 4.91 Å². The van der Waals surface area contributed by atoms with E-state index in [1.165, 1.54) is 10.9 Å². The maximum atomic E-state index is 8.11. The predicted octanol–water partition coefficient (Wildman–Crippen LogP) is 2.11. The average Bonchev–Trinajstić information content (AvgIpc) is 1.69. The Hall–Kier alpha value is -0.860. The van der Waals surface area contributed by atoms with Gasteiger partial charge in [0.15, 0.2) is 5.34 Å². The largest absolute Gasteiger partial charge is 0.379 e. The highest BCUT2D eigenvalue weighted by molar-refractivity contribution is 4.88. The fraction of sp³-hybridized carbons (Fsp3) is 0.600. The van der Waals surface area contributed by atoms with Gasteiger partial charge in [0.25, 0.3) is 0 Å². The normalized spacial score (nSPS) is 5.88. The zero-order chi connectivity index (χ0) is 6.99. The highest BCUT2D eigenvalue weighted by atomic mass is 16.6. The van der Waals surface area contributed by atoms with Gasteiger partial charge in [0.2, 0.25) is 0 Å². The summed E-state index contributed by atoms with van der Waals surface area (Å²) in [5.41, 5.74) is 1.38. The summed E-state index contributed by atoms with van der Waals surface area (Å²) >= 11 is 0. The molecule has 1 N–H and O–H groups in total. The van der Waals surface area contributed by atoms with Crippen molar-refractivity contribution in [1.82, 2.24) is 0 Å². The van der Waals surface area contributed by atoms with E-state index in [0.29, 0.717) is 0 Å². The van der Waals surface area contributed by atoms with Crippen LogP contribution in [0.4, 0.5) is 0 Å². The van der Waals surface area contributed by atoms with Crippen LogP contribution in [0.15, 0.2) is 17.0 Å². The van der Waals surface area contributed by atoms with Gasteiger partial charge in [0.05, 0.1) is 0 Å². The Morgan fingerprint density at radius 3 is 1.75 bits per heavy atom. The van der Waals surface area contributed by atoms with Crippen molar-refractivity contribution >= 4 is 0 Å². The fourth-order valence-electron chi connectivity index (χ4n) is 0. The zero-order valence-corrected chi connectivity index (χ0v) is 5.38. The quantitative estimate of drug-likeness (QED) is 0.300. The predicted molar refractivity (Wildman–Crippen MR) is 32.7 cm³/mol. The van der Waals surface area contributed by atoms with Crippen molar-refractivity contribution in [2.75, 3.05) is 0 Å². The van der Waals surface area contributed by atoms with Gasteiger partial charge in [-0.1, -0.05) is 11.6 Å². The van der Waals surface area contributed by atoms with Crippen LogP contribution >= 0.6 is 0 Å². The number of hydrogen-bond donors (Lipinski definition) is 1. The molecule has 0 atom stereocenters. The van der Waals surface area contributed by atoms with E-state index in [0.717, 1.165) is 0 Å². The maximum absolute atomic E-state index is 8.11. The first-order chi connectivity index (χ1) is 3.68. The molecule has 0 radical (unpaired) electrons. The molecule has 0 spiro atoms. The molecule has 0 aliphatic heterocycles. The van der Waals surface area contributed by atoms with Crippen molar-refractivity contribution in [2.24, 2.45) is 5.34 Å². The maximum Gasteiger partial charge on any atom is 0.152 e. The van der Waals surface area contributed by atoms with Crippen LogP contribution in [-0.2, 0) is 0 Å². The lowest BCUT2D eigenvalue weighted by Crippen LogP contribution is -1.52. The molecular weight excluding hydrogens is 106 g/mol. The minimum Gasteiger partial charge on any atom is -0.379 e. The van der Waals surface area contributed by atoms with Gasteiger partial charge in [-0.25, -0.2) is 0 Å². The van der Waals surface area contributed by atoms with Crippen LogP contribution in [0.25, 0.3) is 0 Å². The number of allylic oxidation sites excluding steroid dienone is 2. The smallest absolute Gasteiger partial charge is 0.152 e. The third-order valence-corrected chi connectivity index (χ3v) is 0.577. The molecule has 0 amide bonds. The third-order valence-electron chi connectivity index (χ3n) is 0.577. The molecule has 0 saturated carbocycles. The van der Waals surface area contributed by atoms with E-state index in [9.17, 15) is 0 Å². The van der Waals surface area contributed by atoms with Crippen LogP contribution in [0.5, 0.6) is 0 Å². The van der Waals surface area contributed by atoms with Crippen LogP contribution < -0.4 is 0 Å². The van der Waals surface area contributed by atoms with Crippen molar-refractivity contribution in [3.05, 3.63) is 16.6 Å². The van der Waals surface area contributed by atoms with Gasteiger partial charge in [-0.15, -0.1) is 4.91 Å². The average molecular weight is 117 g/mol. The Morgan fingerprint density at radius 1 is 1.62 bits per heavy atom. The summed E-state index contributed by atoms with van der Waals surface area (Å²) in [5, 5.41) is 7.89. The second-order valence-corrected chi connectivity index (χ2v) is 1.45. The second kappa shape index (κ2) is 9.46. The molecule has 0 heterocycles. The Bertz CT molecular complexity index is 74.5. The van der Waals surface area contributed by atoms with Crippen LogP contribution in [0.1, 0.15) is 20.8 Å². The summed E-state index contributed by atoms with van der Waals surface area (Å²) < 4.78 is 0. The van der Waals surface area contributed by atoms with Gasteiger partial charge in [0, 0.05) is 0 Å². The number of hydrogen-bond acceptors (Lipinski definition) is 2. The SMILES string of the molecule is CC=C(C)C.O=NO. The molecule has 8 heavy (non-hydrogen) atoms. The summed E-state index contributed by atoms with van der Waals surface area (Å²) in [6, 6.07) is 0. The third kappa shape index (κ3) is 67.8. The highest BCUT2D eigenvalue weighted by Crippen LogP contribution is 1.82. The lowest BCUT2D eigenvalue weighted by Gasteiger charge is -1.74. The fourth-order valence-corrected chi connectivity index (χ4v) is 0. The molecule has 0 saturated heterocycles. The molecule has 0 aliphatic carbocycles. The molecule has 0 aromatic heterocycles. The van der Waals surface area contributed by atoms with Gasteiger partial charge in [0.1, 0.15) is 0 Å². The second-order valence-electron chi connectivity index (χ2n) is 1.45. The van der Waals surface area contributed by atoms with E-state index in [-0.39, 0.29) is 0 Å².